The minimum Gasteiger partial charge on any atom is -0.497 e. The average molecular weight is 289 g/mol. The predicted molar refractivity (Wildman–Crippen MR) is 73.4 cm³/mol. The van der Waals surface area contributed by atoms with E-state index in [1.807, 2.05) is 12.1 Å². The Morgan fingerprint density at radius 3 is 3.05 bits per heavy atom. The molecule has 1 unspecified atom stereocenters. The van der Waals surface area contributed by atoms with Crippen LogP contribution in [0.25, 0.3) is 11.3 Å². The normalized spacial score (nSPS) is 17.9. The van der Waals surface area contributed by atoms with Crippen LogP contribution in [0.15, 0.2) is 24.3 Å². The number of carboxylic acids is 1. The number of rotatable bonds is 4. The summed E-state index contributed by atoms with van der Waals surface area (Å²) in [7, 11) is 1.57. The van der Waals surface area contributed by atoms with Crippen molar-refractivity contribution in [1.29, 1.82) is 0 Å². The van der Waals surface area contributed by atoms with Gasteiger partial charge in [-0.05, 0) is 18.6 Å². The number of carbonyl (C=O) groups is 1. The number of aromatic carboxylic acids is 1. The number of methoxy groups -OCH3 is 1. The van der Waals surface area contributed by atoms with E-state index in [1.165, 1.54) is 0 Å². The van der Waals surface area contributed by atoms with Crippen LogP contribution < -0.4 is 4.74 Å². The van der Waals surface area contributed by atoms with Gasteiger partial charge in [0.25, 0.3) is 0 Å². The maximum Gasteiger partial charge on any atom is 0.358 e. The van der Waals surface area contributed by atoms with Gasteiger partial charge in [-0.15, -0.1) is 5.10 Å². The molecule has 1 aromatic carbocycles. The second-order valence-corrected chi connectivity index (χ2v) is 4.79. The molecule has 0 bridgehead atoms. The van der Waals surface area contributed by atoms with Gasteiger partial charge < -0.3 is 14.6 Å². The summed E-state index contributed by atoms with van der Waals surface area (Å²) in [5.41, 5.74) is 1.13. The van der Waals surface area contributed by atoms with Gasteiger partial charge in [0.15, 0.2) is 5.69 Å². The molecule has 1 fully saturated rings. The van der Waals surface area contributed by atoms with Crippen molar-refractivity contribution >= 4 is 5.97 Å². The van der Waals surface area contributed by atoms with E-state index >= 15 is 0 Å². The minimum atomic E-state index is -1.10. The lowest BCUT2D eigenvalue weighted by molar-refractivity contribution is 0.0691. The first-order valence-corrected chi connectivity index (χ1v) is 6.61. The number of aromatic nitrogens is 3. The van der Waals surface area contributed by atoms with Gasteiger partial charge in [-0.1, -0.05) is 17.3 Å². The van der Waals surface area contributed by atoms with Crippen molar-refractivity contribution < 1.29 is 19.4 Å². The smallest absolute Gasteiger partial charge is 0.358 e. The molecule has 7 heteroatoms. The summed E-state index contributed by atoms with van der Waals surface area (Å²) in [5.74, 6) is -0.447. The molecule has 2 heterocycles. The molecule has 1 atom stereocenters. The zero-order valence-electron chi connectivity index (χ0n) is 11.5. The first-order valence-electron chi connectivity index (χ1n) is 6.61. The van der Waals surface area contributed by atoms with Gasteiger partial charge in [-0.2, -0.15) is 0 Å². The van der Waals surface area contributed by atoms with Crippen LogP contribution in [0.2, 0.25) is 0 Å². The maximum atomic E-state index is 11.4. The average Bonchev–Trinajstić information content (AvgIpc) is 3.15. The highest BCUT2D eigenvalue weighted by Crippen LogP contribution is 2.30. The lowest BCUT2D eigenvalue weighted by atomic mass is 10.1. The SMILES string of the molecule is COc1cccc(-c2c(C(=O)O)nnn2C2CCOC2)c1. The monoisotopic (exact) mass is 289 g/mol. The standard InChI is InChI=1S/C14H15N3O4/c1-20-11-4-2-3-9(7-11)13-12(14(18)19)15-16-17(13)10-5-6-21-8-10/h2-4,7,10H,5-6,8H2,1H3,(H,18,19). The van der Waals surface area contributed by atoms with Crippen molar-refractivity contribution in [1.82, 2.24) is 15.0 Å². The third kappa shape index (κ3) is 2.47. The Hall–Kier alpha value is -2.41. The van der Waals surface area contributed by atoms with Gasteiger partial charge in [0.1, 0.15) is 11.4 Å². The second-order valence-electron chi connectivity index (χ2n) is 4.79. The highest BCUT2D eigenvalue weighted by atomic mass is 16.5. The number of benzene rings is 1. The molecule has 1 aromatic heterocycles. The van der Waals surface area contributed by atoms with Crippen LogP contribution in [0.3, 0.4) is 0 Å². The van der Waals surface area contributed by atoms with Gasteiger partial charge in [-0.3, -0.25) is 0 Å². The van der Waals surface area contributed by atoms with E-state index in [9.17, 15) is 9.90 Å². The van der Waals surface area contributed by atoms with Crippen LogP contribution in [0, 0.1) is 0 Å². The summed E-state index contributed by atoms with van der Waals surface area (Å²) < 4.78 is 12.2. The Balaban J connectivity index is 2.13. The van der Waals surface area contributed by atoms with Gasteiger partial charge in [0, 0.05) is 12.2 Å². The molecule has 21 heavy (non-hydrogen) atoms. The van der Waals surface area contributed by atoms with Crippen LogP contribution in [0.5, 0.6) is 5.75 Å². The minimum absolute atomic E-state index is 0.00630. The molecular formula is C14H15N3O4. The molecule has 0 saturated carbocycles. The zero-order valence-corrected chi connectivity index (χ0v) is 11.5. The summed E-state index contributed by atoms with van der Waals surface area (Å²) in [6, 6.07) is 7.21. The molecule has 7 nitrogen and oxygen atoms in total. The van der Waals surface area contributed by atoms with Gasteiger partial charge in [0.05, 0.1) is 19.8 Å². The number of ether oxygens (including phenoxy) is 2. The quantitative estimate of drug-likeness (QED) is 0.920. The van der Waals surface area contributed by atoms with Crippen molar-refractivity contribution in [2.45, 2.75) is 12.5 Å². The summed E-state index contributed by atoms with van der Waals surface area (Å²) in [5, 5.41) is 17.2. The van der Waals surface area contributed by atoms with Crippen LogP contribution >= 0.6 is 0 Å². The summed E-state index contributed by atoms with van der Waals surface area (Å²) >= 11 is 0. The number of hydrogen-bond donors (Lipinski definition) is 1. The molecule has 0 amide bonds. The Morgan fingerprint density at radius 2 is 2.38 bits per heavy atom. The molecule has 0 spiro atoms. The van der Waals surface area contributed by atoms with E-state index in [1.54, 1.807) is 23.9 Å². The molecule has 110 valence electrons. The van der Waals surface area contributed by atoms with E-state index in [2.05, 4.69) is 10.3 Å². The Kier molecular flexibility index (Phi) is 3.57. The molecule has 1 aliphatic rings. The lowest BCUT2D eigenvalue weighted by Crippen LogP contribution is -2.12. The summed E-state index contributed by atoms with van der Waals surface area (Å²) in [6.07, 6.45) is 0.791. The van der Waals surface area contributed by atoms with E-state index in [4.69, 9.17) is 9.47 Å². The third-order valence-electron chi connectivity index (χ3n) is 3.49. The molecule has 1 aliphatic heterocycles. The Morgan fingerprint density at radius 1 is 1.52 bits per heavy atom. The van der Waals surface area contributed by atoms with E-state index in [0.717, 1.165) is 6.42 Å². The fraction of sp³-hybridized carbons (Fsp3) is 0.357. The largest absolute Gasteiger partial charge is 0.497 e. The molecule has 1 N–H and O–H groups in total. The molecule has 1 saturated heterocycles. The van der Waals surface area contributed by atoms with Gasteiger partial charge in [-0.25, -0.2) is 9.48 Å². The topological polar surface area (TPSA) is 86.5 Å². The Labute approximate surface area is 121 Å². The fourth-order valence-electron chi connectivity index (χ4n) is 2.45. The molecule has 2 aromatic rings. The third-order valence-corrected chi connectivity index (χ3v) is 3.49. The lowest BCUT2D eigenvalue weighted by Gasteiger charge is -2.13. The first-order chi connectivity index (χ1) is 10.2. The van der Waals surface area contributed by atoms with Crippen molar-refractivity contribution in [3.63, 3.8) is 0 Å². The first kappa shape index (κ1) is 13.6. The van der Waals surface area contributed by atoms with E-state index in [0.29, 0.717) is 30.2 Å². The summed E-state index contributed by atoms with van der Waals surface area (Å²) in [4.78, 5) is 11.4. The number of carboxylic acid groups (broad SMARTS) is 1. The molecule has 0 aliphatic carbocycles. The fourth-order valence-corrected chi connectivity index (χ4v) is 2.45. The molecule has 3 rings (SSSR count). The van der Waals surface area contributed by atoms with Crippen LogP contribution in [0.1, 0.15) is 23.0 Å². The maximum absolute atomic E-state index is 11.4. The summed E-state index contributed by atoms with van der Waals surface area (Å²) in [6.45, 7) is 1.16. The molecular weight excluding hydrogens is 274 g/mol. The van der Waals surface area contributed by atoms with Crippen molar-refractivity contribution in [2.24, 2.45) is 0 Å². The van der Waals surface area contributed by atoms with Crippen molar-refractivity contribution in [3.05, 3.63) is 30.0 Å². The van der Waals surface area contributed by atoms with Gasteiger partial charge in [0.2, 0.25) is 0 Å². The second kappa shape index (κ2) is 5.53. The number of hydrogen-bond acceptors (Lipinski definition) is 5. The van der Waals surface area contributed by atoms with Crippen LogP contribution in [-0.2, 0) is 4.74 Å². The predicted octanol–water partition coefficient (Wildman–Crippen LogP) is 1.61. The number of nitrogens with zero attached hydrogens (tertiary/aromatic N) is 3. The van der Waals surface area contributed by atoms with Crippen molar-refractivity contribution in [3.8, 4) is 17.0 Å². The van der Waals surface area contributed by atoms with E-state index in [-0.39, 0.29) is 11.7 Å². The Bertz CT molecular complexity index is 662. The van der Waals surface area contributed by atoms with Crippen LogP contribution in [0.4, 0.5) is 0 Å². The zero-order chi connectivity index (χ0) is 14.8. The highest BCUT2D eigenvalue weighted by Gasteiger charge is 2.27. The van der Waals surface area contributed by atoms with E-state index < -0.39 is 5.97 Å². The molecule has 0 radical (unpaired) electrons. The van der Waals surface area contributed by atoms with Gasteiger partial charge >= 0.3 is 5.97 Å². The van der Waals surface area contributed by atoms with Crippen LogP contribution in [-0.4, -0.2) is 46.4 Å². The van der Waals surface area contributed by atoms with Crippen molar-refractivity contribution in [2.75, 3.05) is 20.3 Å². The highest BCUT2D eigenvalue weighted by molar-refractivity contribution is 5.92.